The molecule has 0 aliphatic heterocycles. The van der Waals surface area contributed by atoms with Crippen LogP contribution in [0.15, 0.2) is 46.0 Å². The molecule has 0 N–H and O–H groups in total. The molecule has 0 amide bonds. The Balaban J connectivity index is 2.10. The van der Waals surface area contributed by atoms with E-state index in [1.165, 1.54) is 11.5 Å². The fourth-order valence-corrected chi connectivity index (χ4v) is 3.63. The lowest BCUT2D eigenvalue weighted by Crippen LogP contribution is -2.41. The highest BCUT2D eigenvalue weighted by Crippen LogP contribution is 2.19. The van der Waals surface area contributed by atoms with E-state index in [-0.39, 0.29) is 23.5 Å². The summed E-state index contributed by atoms with van der Waals surface area (Å²) < 4.78 is 5.68. The summed E-state index contributed by atoms with van der Waals surface area (Å²) in [6.45, 7) is 5.20. The van der Waals surface area contributed by atoms with E-state index >= 15 is 0 Å². The zero-order chi connectivity index (χ0) is 21.6. The van der Waals surface area contributed by atoms with Crippen molar-refractivity contribution in [1.29, 1.82) is 0 Å². The third kappa shape index (κ3) is 3.18. The molecule has 154 valence electrons. The predicted octanol–water partition coefficient (Wildman–Crippen LogP) is 1.34. The first-order valence-corrected chi connectivity index (χ1v) is 9.55. The minimum Gasteiger partial charge on any atom is -0.298 e. The average Bonchev–Trinajstić information content (AvgIpc) is 3.23. The molecule has 0 radical (unpaired) electrons. The van der Waals surface area contributed by atoms with Gasteiger partial charge in [0.1, 0.15) is 5.78 Å². The van der Waals surface area contributed by atoms with Crippen LogP contribution in [0.5, 0.6) is 0 Å². The SMILES string of the molecule is CC(=O)Cn1c(=O)c2c(nc(-n3nc(C)cc3C)n2Cc2ccccc2)n(C)c1=O. The van der Waals surface area contributed by atoms with Crippen molar-refractivity contribution in [3.8, 4) is 5.95 Å². The second kappa shape index (κ2) is 7.25. The topological polar surface area (TPSA) is 96.7 Å². The Bertz CT molecular complexity index is 1390. The molecule has 0 aliphatic rings. The lowest BCUT2D eigenvalue weighted by molar-refractivity contribution is -0.117. The number of hydrogen-bond donors (Lipinski definition) is 0. The van der Waals surface area contributed by atoms with Crippen LogP contribution >= 0.6 is 0 Å². The first-order valence-electron chi connectivity index (χ1n) is 9.55. The lowest BCUT2D eigenvalue weighted by atomic mass is 10.2. The number of carbonyl (C=O) groups is 1. The monoisotopic (exact) mass is 406 g/mol. The highest BCUT2D eigenvalue weighted by Gasteiger charge is 2.23. The molecule has 30 heavy (non-hydrogen) atoms. The van der Waals surface area contributed by atoms with Crippen molar-refractivity contribution in [2.45, 2.75) is 33.9 Å². The maximum Gasteiger partial charge on any atom is 0.332 e. The number of aryl methyl sites for hydroxylation is 3. The van der Waals surface area contributed by atoms with Crippen LogP contribution in [0, 0.1) is 13.8 Å². The number of Topliss-reactive ketones (excluding diaryl/α,β-unsaturated/α-hetero) is 1. The molecule has 0 saturated carbocycles. The van der Waals surface area contributed by atoms with E-state index in [2.05, 4.69) is 10.1 Å². The summed E-state index contributed by atoms with van der Waals surface area (Å²) in [6.07, 6.45) is 0. The minimum absolute atomic E-state index is 0.253. The van der Waals surface area contributed by atoms with Crippen LogP contribution in [0.25, 0.3) is 17.1 Å². The molecule has 1 aromatic carbocycles. The number of nitrogens with zero attached hydrogens (tertiary/aromatic N) is 6. The molecular formula is C21H22N6O3. The van der Waals surface area contributed by atoms with Gasteiger partial charge in [-0.25, -0.2) is 9.48 Å². The van der Waals surface area contributed by atoms with Crippen molar-refractivity contribution in [2.75, 3.05) is 0 Å². The zero-order valence-electron chi connectivity index (χ0n) is 17.3. The molecule has 4 aromatic rings. The van der Waals surface area contributed by atoms with Crippen LogP contribution in [-0.2, 0) is 24.9 Å². The third-order valence-corrected chi connectivity index (χ3v) is 4.98. The number of fused-ring (bicyclic) bond motifs is 1. The average molecular weight is 406 g/mol. The molecule has 0 spiro atoms. The van der Waals surface area contributed by atoms with E-state index in [0.29, 0.717) is 12.5 Å². The highest BCUT2D eigenvalue weighted by molar-refractivity contribution is 5.76. The van der Waals surface area contributed by atoms with E-state index in [4.69, 9.17) is 0 Å². The molecule has 0 unspecified atom stereocenters. The summed E-state index contributed by atoms with van der Waals surface area (Å²) in [5.41, 5.74) is 2.02. The number of carbonyl (C=O) groups excluding carboxylic acids is 1. The van der Waals surface area contributed by atoms with Crippen LogP contribution in [0.3, 0.4) is 0 Å². The number of aromatic nitrogens is 6. The smallest absolute Gasteiger partial charge is 0.298 e. The maximum atomic E-state index is 13.3. The molecule has 9 heteroatoms. The summed E-state index contributed by atoms with van der Waals surface area (Å²) in [5.74, 6) is 0.161. The van der Waals surface area contributed by atoms with Crippen molar-refractivity contribution in [3.63, 3.8) is 0 Å². The van der Waals surface area contributed by atoms with Gasteiger partial charge in [0.05, 0.1) is 18.8 Å². The van der Waals surface area contributed by atoms with Gasteiger partial charge in [0.15, 0.2) is 11.2 Å². The number of hydrogen-bond acceptors (Lipinski definition) is 5. The van der Waals surface area contributed by atoms with Gasteiger partial charge in [0.25, 0.3) is 5.56 Å². The predicted molar refractivity (Wildman–Crippen MR) is 112 cm³/mol. The van der Waals surface area contributed by atoms with Gasteiger partial charge in [-0.05, 0) is 32.4 Å². The Labute approximate surface area is 171 Å². The normalized spacial score (nSPS) is 11.3. The van der Waals surface area contributed by atoms with Gasteiger partial charge in [-0.15, -0.1) is 0 Å². The van der Waals surface area contributed by atoms with Crippen LogP contribution in [-0.4, -0.2) is 34.2 Å². The van der Waals surface area contributed by atoms with Gasteiger partial charge in [-0.3, -0.25) is 23.3 Å². The summed E-state index contributed by atoms with van der Waals surface area (Å²) in [5, 5.41) is 4.51. The molecule has 0 fully saturated rings. The second-order valence-corrected chi connectivity index (χ2v) is 7.43. The Morgan fingerprint density at radius 1 is 1.07 bits per heavy atom. The van der Waals surface area contributed by atoms with Crippen molar-refractivity contribution in [2.24, 2.45) is 7.05 Å². The number of rotatable bonds is 5. The van der Waals surface area contributed by atoms with Crippen LogP contribution in [0.1, 0.15) is 23.9 Å². The largest absolute Gasteiger partial charge is 0.332 e. The fraction of sp³-hybridized carbons (Fsp3) is 0.286. The van der Waals surface area contributed by atoms with Gasteiger partial charge < -0.3 is 0 Å². The summed E-state index contributed by atoms with van der Waals surface area (Å²) in [7, 11) is 1.55. The van der Waals surface area contributed by atoms with Crippen LogP contribution in [0.4, 0.5) is 0 Å². The summed E-state index contributed by atoms with van der Waals surface area (Å²) >= 11 is 0. The van der Waals surface area contributed by atoms with Crippen LogP contribution < -0.4 is 11.2 Å². The molecule has 0 bridgehead atoms. The van der Waals surface area contributed by atoms with Gasteiger partial charge in [0.2, 0.25) is 5.95 Å². The Morgan fingerprint density at radius 2 is 1.77 bits per heavy atom. The minimum atomic E-state index is -0.577. The standard InChI is InChI=1S/C21H22N6O3/c1-13-10-14(2)27(23-13)20-22-18-17(25(20)12-16-8-6-5-7-9-16)19(29)26(11-15(3)28)21(30)24(18)4/h5-10H,11-12H2,1-4H3. The Hall–Kier alpha value is -3.75. The molecule has 3 aromatic heterocycles. The molecule has 0 saturated heterocycles. The molecule has 4 rings (SSSR count). The van der Waals surface area contributed by atoms with Gasteiger partial charge >= 0.3 is 5.69 Å². The molecule has 0 atom stereocenters. The molecule has 9 nitrogen and oxygen atoms in total. The first kappa shape index (κ1) is 19.6. The number of ketones is 1. The summed E-state index contributed by atoms with van der Waals surface area (Å²) in [6, 6.07) is 11.6. The quantitative estimate of drug-likeness (QED) is 0.498. The van der Waals surface area contributed by atoms with E-state index in [0.717, 1.165) is 21.5 Å². The highest BCUT2D eigenvalue weighted by atomic mass is 16.2. The van der Waals surface area contributed by atoms with Crippen LogP contribution in [0.2, 0.25) is 0 Å². The van der Waals surface area contributed by atoms with E-state index in [9.17, 15) is 14.4 Å². The molecule has 0 aliphatic carbocycles. The van der Waals surface area contributed by atoms with E-state index in [1.807, 2.05) is 50.2 Å². The second-order valence-electron chi connectivity index (χ2n) is 7.43. The maximum absolute atomic E-state index is 13.3. The van der Waals surface area contributed by atoms with Crippen molar-refractivity contribution >= 4 is 16.9 Å². The van der Waals surface area contributed by atoms with Crippen molar-refractivity contribution in [3.05, 3.63) is 74.2 Å². The van der Waals surface area contributed by atoms with E-state index in [1.54, 1.807) is 16.3 Å². The molecule has 3 heterocycles. The van der Waals surface area contributed by atoms with Gasteiger partial charge in [0, 0.05) is 12.7 Å². The fourth-order valence-electron chi connectivity index (χ4n) is 3.63. The van der Waals surface area contributed by atoms with Gasteiger partial charge in [-0.2, -0.15) is 10.1 Å². The van der Waals surface area contributed by atoms with Crippen molar-refractivity contribution < 1.29 is 4.79 Å². The number of imidazole rings is 1. The molecular weight excluding hydrogens is 384 g/mol. The summed E-state index contributed by atoms with van der Waals surface area (Å²) in [4.78, 5) is 42.3. The van der Waals surface area contributed by atoms with Gasteiger partial charge in [-0.1, -0.05) is 30.3 Å². The third-order valence-electron chi connectivity index (χ3n) is 4.98. The Morgan fingerprint density at radius 3 is 2.37 bits per heavy atom. The van der Waals surface area contributed by atoms with Crippen molar-refractivity contribution in [1.82, 2.24) is 28.5 Å². The van der Waals surface area contributed by atoms with E-state index < -0.39 is 11.2 Å². The Kier molecular flexibility index (Phi) is 4.73. The lowest BCUT2D eigenvalue weighted by Gasteiger charge is -2.11. The zero-order valence-corrected chi connectivity index (χ0v) is 17.3. The first-order chi connectivity index (χ1) is 14.3. The number of benzene rings is 1.